The molecule has 0 unspecified atom stereocenters. The third-order valence-corrected chi connectivity index (χ3v) is 10.5. The summed E-state index contributed by atoms with van der Waals surface area (Å²) in [5, 5.41) is 23.4. The van der Waals surface area contributed by atoms with Gasteiger partial charge in [-0.1, -0.05) is 109 Å². The van der Waals surface area contributed by atoms with Crippen LogP contribution in [-0.4, -0.2) is 22.2 Å². The standard InChI is InChI=1S/C52H36N2O4/c55-51(56)37-24-20-35(21-25-37)49-45-18-10-11-19-46(45)50(36-22-26-38(27-23-36)52(57)58)48-34-44(32-33-47(48)49)54(41-16-8-3-9-17-41)43-30-28-42(29-31-43)53(39-12-4-1-5-13-39)40-14-6-2-7-15-40/h1-34H,(H,55,56)(H,57,58). The fourth-order valence-corrected chi connectivity index (χ4v) is 7.86. The van der Waals surface area contributed by atoms with Gasteiger partial charge in [0.05, 0.1) is 11.1 Å². The van der Waals surface area contributed by atoms with E-state index in [1.165, 1.54) is 0 Å². The van der Waals surface area contributed by atoms with Gasteiger partial charge in [-0.2, -0.15) is 0 Å². The first kappa shape index (κ1) is 35.7. The van der Waals surface area contributed by atoms with E-state index in [-0.39, 0.29) is 11.1 Å². The predicted octanol–water partition coefficient (Wildman–Crippen LogP) is 13.7. The van der Waals surface area contributed by atoms with Gasteiger partial charge < -0.3 is 20.0 Å². The van der Waals surface area contributed by atoms with Crippen LogP contribution in [0.25, 0.3) is 43.8 Å². The maximum atomic E-state index is 11.9. The molecule has 2 N–H and O–H groups in total. The van der Waals surface area contributed by atoms with Crippen molar-refractivity contribution in [1.29, 1.82) is 0 Å². The van der Waals surface area contributed by atoms with Crippen LogP contribution < -0.4 is 9.80 Å². The van der Waals surface area contributed by atoms with Gasteiger partial charge in [0, 0.05) is 34.1 Å². The van der Waals surface area contributed by atoms with E-state index in [9.17, 15) is 19.8 Å². The Morgan fingerprint density at radius 2 is 0.621 bits per heavy atom. The van der Waals surface area contributed by atoms with Crippen LogP contribution in [0.3, 0.4) is 0 Å². The molecule has 0 aliphatic rings. The molecule has 0 amide bonds. The predicted molar refractivity (Wildman–Crippen MR) is 236 cm³/mol. The van der Waals surface area contributed by atoms with E-state index in [2.05, 4.69) is 101 Å². The first-order chi connectivity index (χ1) is 28.4. The van der Waals surface area contributed by atoms with Gasteiger partial charge in [-0.15, -0.1) is 0 Å². The number of carbonyl (C=O) groups is 2. The zero-order valence-electron chi connectivity index (χ0n) is 31.2. The van der Waals surface area contributed by atoms with Crippen LogP contribution in [0.15, 0.2) is 206 Å². The minimum Gasteiger partial charge on any atom is -0.478 e. The van der Waals surface area contributed by atoms with Gasteiger partial charge in [0.1, 0.15) is 0 Å². The Hall–Kier alpha value is -7.96. The summed E-state index contributed by atoms with van der Waals surface area (Å²) in [6, 6.07) is 68.3. The highest BCUT2D eigenvalue weighted by Gasteiger charge is 2.21. The van der Waals surface area contributed by atoms with E-state index < -0.39 is 11.9 Å². The summed E-state index contributed by atoms with van der Waals surface area (Å²) in [6.45, 7) is 0. The van der Waals surface area contributed by atoms with Crippen molar-refractivity contribution < 1.29 is 19.8 Å². The average Bonchev–Trinajstić information content (AvgIpc) is 3.27. The first-order valence-corrected chi connectivity index (χ1v) is 19.0. The number of carboxylic acid groups (broad SMARTS) is 2. The summed E-state index contributed by atoms with van der Waals surface area (Å²) in [4.78, 5) is 28.2. The lowest BCUT2D eigenvalue weighted by Crippen LogP contribution is -2.12. The molecular weight excluding hydrogens is 717 g/mol. The fourth-order valence-electron chi connectivity index (χ4n) is 7.86. The second-order valence-corrected chi connectivity index (χ2v) is 14.0. The zero-order valence-corrected chi connectivity index (χ0v) is 31.2. The monoisotopic (exact) mass is 752 g/mol. The van der Waals surface area contributed by atoms with Crippen LogP contribution in [-0.2, 0) is 0 Å². The van der Waals surface area contributed by atoms with Crippen molar-refractivity contribution in [2.24, 2.45) is 0 Å². The van der Waals surface area contributed by atoms with Crippen molar-refractivity contribution in [3.05, 3.63) is 217 Å². The largest absolute Gasteiger partial charge is 0.478 e. The molecule has 9 rings (SSSR count). The lowest BCUT2D eigenvalue weighted by atomic mass is 9.85. The summed E-state index contributed by atoms with van der Waals surface area (Å²) in [5.74, 6) is -1.96. The third kappa shape index (κ3) is 6.69. The van der Waals surface area contributed by atoms with E-state index >= 15 is 0 Å². The van der Waals surface area contributed by atoms with Gasteiger partial charge in [-0.3, -0.25) is 0 Å². The molecule has 58 heavy (non-hydrogen) atoms. The van der Waals surface area contributed by atoms with Gasteiger partial charge >= 0.3 is 11.9 Å². The number of rotatable bonds is 10. The molecule has 9 aromatic rings. The highest BCUT2D eigenvalue weighted by Crippen LogP contribution is 2.47. The summed E-state index contributed by atoms with van der Waals surface area (Å²) in [7, 11) is 0. The van der Waals surface area contributed by atoms with E-state index in [1.807, 2.05) is 91.0 Å². The number of para-hydroxylation sites is 3. The number of hydrogen-bond donors (Lipinski definition) is 2. The highest BCUT2D eigenvalue weighted by molar-refractivity contribution is 6.22. The molecule has 0 atom stereocenters. The molecule has 0 aliphatic carbocycles. The van der Waals surface area contributed by atoms with Crippen LogP contribution in [0.1, 0.15) is 20.7 Å². The van der Waals surface area contributed by atoms with Gasteiger partial charge in [0.2, 0.25) is 0 Å². The highest BCUT2D eigenvalue weighted by atomic mass is 16.4. The van der Waals surface area contributed by atoms with Crippen molar-refractivity contribution in [3.63, 3.8) is 0 Å². The number of nitrogens with zero attached hydrogens (tertiary/aromatic N) is 2. The second kappa shape index (κ2) is 15.3. The SMILES string of the molecule is O=C(O)c1ccc(-c2c3ccccc3c(-c3ccc(C(=O)O)cc3)c3cc(N(c4ccccc4)c4ccc(N(c5ccccc5)c5ccccc5)cc4)ccc23)cc1. The van der Waals surface area contributed by atoms with E-state index in [1.54, 1.807) is 24.3 Å². The summed E-state index contributed by atoms with van der Waals surface area (Å²) in [5.41, 5.74) is 10.2. The van der Waals surface area contributed by atoms with Crippen LogP contribution in [0.4, 0.5) is 34.1 Å². The lowest BCUT2D eigenvalue weighted by Gasteiger charge is -2.29. The van der Waals surface area contributed by atoms with E-state index in [0.717, 1.165) is 77.9 Å². The molecule has 0 saturated carbocycles. The Labute approximate surface area is 335 Å². The Kier molecular flexibility index (Phi) is 9.42. The average molecular weight is 753 g/mol. The van der Waals surface area contributed by atoms with Gasteiger partial charge in [0.15, 0.2) is 0 Å². The molecule has 9 aromatic carbocycles. The van der Waals surface area contributed by atoms with Crippen molar-refractivity contribution in [3.8, 4) is 22.3 Å². The summed E-state index contributed by atoms with van der Waals surface area (Å²) in [6.07, 6.45) is 0. The second-order valence-electron chi connectivity index (χ2n) is 14.0. The minimum atomic E-state index is -0.983. The third-order valence-electron chi connectivity index (χ3n) is 10.5. The zero-order chi connectivity index (χ0) is 39.6. The van der Waals surface area contributed by atoms with E-state index in [0.29, 0.717) is 0 Å². The molecule has 6 heteroatoms. The molecule has 0 aromatic heterocycles. The molecule has 0 saturated heterocycles. The molecule has 278 valence electrons. The molecule has 0 fully saturated rings. The molecule has 0 heterocycles. The van der Waals surface area contributed by atoms with Crippen molar-refractivity contribution >= 4 is 67.6 Å². The summed E-state index contributed by atoms with van der Waals surface area (Å²) >= 11 is 0. The Morgan fingerprint density at radius 3 is 1.02 bits per heavy atom. The van der Waals surface area contributed by atoms with Crippen LogP contribution >= 0.6 is 0 Å². The smallest absolute Gasteiger partial charge is 0.335 e. The quantitative estimate of drug-likeness (QED) is 0.135. The Bertz CT molecular complexity index is 2880. The van der Waals surface area contributed by atoms with Crippen molar-refractivity contribution in [2.75, 3.05) is 9.80 Å². The van der Waals surface area contributed by atoms with Gasteiger partial charge in [-0.25, -0.2) is 9.59 Å². The number of hydrogen-bond acceptors (Lipinski definition) is 4. The first-order valence-electron chi connectivity index (χ1n) is 19.0. The summed E-state index contributed by atoms with van der Waals surface area (Å²) < 4.78 is 0. The minimum absolute atomic E-state index is 0.213. The molecular formula is C52H36N2O4. The Morgan fingerprint density at radius 1 is 0.310 bits per heavy atom. The van der Waals surface area contributed by atoms with Crippen LogP contribution in [0.5, 0.6) is 0 Å². The van der Waals surface area contributed by atoms with Crippen LogP contribution in [0.2, 0.25) is 0 Å². The van der Waals surface area contributed by atoms with Crippen LogP contribution in [0, 0.1) is 0 Å². The lowest BCUT2D eigenvalue weighted by molar-refractivity contribution is 0.0686. The maximum Gasteiger partial charge on any atom is 0.335 e. The topological polar surface area (TPSA) is 81.1 Å². The Balaban J connectivity index is 1.26. The number of benzene rings is 9. The number of carboxylic acids is 2. The van der Waals surface area contributed by atoms with Gasteiger partial charge in [-0.05, 0) is 141 Å². The molecule has 6 nitrogen and oxygen atoms in total. The molecule has 0 aliphatic heterocycles. The number of anilines is 6. The maximum absolute atomic E-state index is 11.9. The van der Waals surface area contributed by atoms with Gasteiger partial charge in [0.25, 0.3) is 0 Å². The van der Waals surface area contributed by atoms with Crippen molar-refractivity contribution in [2.45, 2.75) is 0 Å². The molecule has 0 radical (unpaired) electrons. The number of fused-ring (bicyclic) bond motifs is 2. The molecule has 0 bridgehead atoms. The normalized spacial score (nSPS) is 11.0. The fraction of sp³-hybridized carbons (Fsp3) is 0. The van der Waals surface area contributed by atoms with Crippen molar-refractivity contribution in [1.82, 2.24) is 0 Å². The number of aromatic carboxylic acids is 2. The van der Waals surface area contributed by atoms with E-state index in [4.69, 9.17) is 0 Å². The molecule has 0 spiro atoms.